The number of hydrogen-bond donors (Lipinski definition) is 2. The Hall–Kier alpha value is -1.62. The van der Waals surface area contributed by atoms with Gasteiger partial charge in [-0.1, -0.05) is 0 Å². The molecule has 0 spiro atoms. The zero-order valence-corrected chi connectivity index (χ0v) is 8.47. The maximum absolute atomic E-state index is 5.46. The molecule has 0 atom stereocenters. The minimum atomic E-state index is 0.255. The average molecular weight is 208 g/mol. The Balaban J connectivity index is 2.60. The quantitative estimate of drug-likeness (QED) is 0.529. The highest BCUT2D eigenvalue weighted by Crippen LogP contribution is 2.25. The van der Waals surface area contributed by atoms with E-state index < -0.39 is 0 Å². The fourth-order valence-corrected chi connectivity index (χ4v) is 2.02. The number of nitrogens with zero attached hydrogens (tertiary/aromatic N) is 1. The Morgan fingerprint density at radius 3 is 3.00 bits per heavy atom. The minimum absolute atomic E-state index is 0.255. The third-order valence-electron chi connectivity index (χ3n) is 1.84. The highest BCUT2D eigenvalue weighted by atomic mass is 32.1. The molecule has 14 heavy (non-hydrogen) atoms. The third kappa shape index (κ3) is 1.42. The number of amidine groups is 1. The zero-order chi connectivity index (χ0) is 10.1. The van der Waals surface area contributed by atoms with Crippen LogP contribution in [0.1, 0.15) is 5.01 Å². The molecule has 0 aliphatic carbocycles. The molecule has 0 aliphatic rings. The fourth-order valence-electron chi connectivity index (χ4n) is 1.16. The van der Waals surface area contributed by atoms with Crippen LogP contribution in [0, 0.1) is 0 Å². The standard InChI is InChI=1S/C9H9N3OS/c1-13-5-2-3-6-7(4-5)14-9(12-6)8(10)11/h2-4H,1H3,(H3,10,11)/p+1. The van der Waals surface area contributed by atoms with Crippen LogP contribution in [0.15, 0.2) is 18.2 Å². The Morgan fingerprint density at radius 1 is 1.57 bits per heavy atom. The van der Waals surface area contributed by atoms with Crippen molar-refractivity contribution >= 4 is 27.4 Å². The molecule has 0 saturated carbocycles. The number of fused-ring (bicyclic) bond motifs is 1. The number of ether oxygens (including phenoxy) is 1. The highest BCUT2D eigenvalue weighted by molar-refractivity contribution is 7.20. The maximum atomic E-state index is 5.46. The van der Waals surface area contributed by atoms with Gasteiger partial charge in [0.2, 0.25) is 5.01 Å². The lowest BCUT2D eigenvalue weighted by molar-refractivity contribution is -0.114. The number of aromatic nitrogens is 1. The molecule has 0 saturated heterocycles. The molecule has 72 valence electrons. The van der Waals surface area contributed by atoms with Crippen molar-refractivity contribution in [3.63, 3.8) is 0 Å². The van der Waals surface area contributed by atoms with Crippen LogP contribution in [0.4, 0.5) is 0 Å². The lowest BCUT2D eigenvalue weighted by Crippen LogP contribution is -2.46. The molecular weight excluding hydrogens is 198 g/mol. The van der Waals surface area contributed by atoms with Crippen molar-refractivity contribution in [3.05, 3.63) is 23.2 Å². The van der Waals surface area contributed by atoms with Crippen LogP contribution < -0.4 is 15.9 Å². The summed E-state index contributed by atoms with van der Waals surface area (Å²) < 4.78 is 6.12. The van der Waals surface area contributed by atoms with Gasteiger partial charge in [-0.15, -0.1) is 11.3 Å². The first-order valence-electron chi connectivity index (χ1n) is 4.03. The number of benzene rings is 1. The van der Waals surface area contributed by atoms with Gasteiger partial charge < -0.3 is 4.74 Å². The van der Waals surface area contributed by atoms with Crippen LogP contribution in [0.2, 0.25) is 0 Å². The molecule has 1 aromatic carbocycles. The van der Waals surface area contributed by atoms with Crippen LogP contribution in [-0.4, -0.2) is 17.9 Å². The normalized spacial score (nSPS) is 10.4. The second-order valence-corrected chi connectivity index (χ2v) is 3.84. The second kappa shape index (κ2) is 3.26. The Morgan fingerprint density at radius 2 is 2.36 bits per heavy atom. The van der Waals surface area contributed by atoms with Crippen LogP contribution in [0.3, 0.4) is 0 Å². The van der Waals surface area contributed by atoms with Gasteiger partial charge in [-0.25, -0.2) is 4.98 Å². The third-order valence-corrected chi connectivity index (χ3v) is 2.91. The van der Waals surface area contributed by atoms with E-state index in [4.69, 9.17) is 15.9 Å². The number of rotatable bonds is 2. The topological polar surface area (TPSA) is 73.7 Å². The summed E-state index contributed by atoms with van der Waals surface area (Å²) >= 11 is 1.46. The van der Waals surface area contributed by atoms with E-state index in [2.05, 4.69) is 4.98 Å². The van der Waals surface area contributed by atoms with E-state index >= 15 is 0 Å². The monoisotopic (exact) mass is 208 g/mol. The van der Waals surface area contributed by atoms with Gasteiger partial charge in [-0.05, 0) is 18.2 Å². The molecule has 5 heteroatoms. The van der Waals surface area contributed by atoms with E-state index in [1.165, 1.54) is 11.3 Å². The van der Waals surface area contributed by atoms with Gasteiger partial charge in [-0.2, -0.15) is 0 Å². The minimum Gasteiger partial charge on any atom is -0.497 e. The van der Waals surface area contributed by atoms with Crippen LogP contribution in [0.5, 0.6) is 5.75 Å². The first kappa shape index (κ1) is 8.96. The Kier molecular flexibility index (Phi) is 2.09. The van der Waals surface area contributed by atoms with Gasteiger partial charge in [0.05, 0.1) is 17.3 Å². The van der Waals surface area contributed by atoms with E-state index in [1.54, 1.807) is 7.11 Å². The Bertz CT molecular complexity index is 492. The first-order chi connectivity index (χ1) is 6.70. The number of thiazole rings is 1. The molecule has 0 unspecified atom stereocenters. The molecule has 1 aromatic heterocycles. The van der Waals surface area contributed by atoms with Crippen molar-refractivity contribution in [3.8, 4) is 5.75 Å². The van der Waals surface area contributed by atoms with Crippen LogP contribution in [0.25, 0.3) is 10.2 Å². The SMILES string of the molecule is COc1ccc2nc(C(N)=[NH2+])sc2c1. The molecule has 0 amide bonds. The smallest absolute Gasteiger partial charge is 0.300 e. The van der Waals surface area contributed by atoms with E-state index in [9.17, 15) is 0 Å². The number of hydrogen-bond acceptors (Lipinski definition) is 3. The van der Waals surface area contributed by atoms with Gasteiger partial charge in [0.15, 0.2) is 0 Å². The summed E-state index contributed by atoms with van der Waals surface area (Å²) in [4.78, 5) is 4.26. The van der Waals surface area contributed by atoms with Crippen LogP contribution in [-0.2, 0) is 0 Å². The summed E-state index contributed by atoms with van der Waals surface area (Å²) in [5, 5.41) is 6.12. The molecule has 2 rings (SSSR count). The summed E-state index contributed by atoms with van der Waals surface area (Å²) in [6.45, 7) is 0. The molecule has 2 aromatic rings. The van der Waals surface area contributed by atoms with Gasteiger partial charge >= 0.3 is 0 Å². The number of nitrogens with two attached hydrogens (primary N) is 2. The van der Waals surface area contributed by atoms with Crippen molar-refractivity contribution < 1.29 is 10.1 Å². The molecule has 0 radical (unpaired) electrons. The summed E-state index contributed by atoms with van der Waals surface area (Å²) in [5.74, 6) is 1.06. The lowest BCUT2D eigenvalue weighted by Gasteiger charge is -1.96. The molecule has 0 fully saturated rings. The summed E-state index contributed by atoms with van der Waals surface area (Å²) in [5.41, 5.74) is 6.35. The average Bonchev–Trinajstić information content (AvgIpc) is 2.59. The molecular formula is C9H10N3OS+. The summed E-state index contributed by atoms with van der Waals surface area (Å²) in [7, 11) is 1.63. The van der Waals surface area contributed by atoms with Crippen molar-refractivity contribution in [1.82, 2.24) is 4.98 Å². The molecule has 1 heterocycles. The fraction of sp³-hybridized carbons (Fsp3) is 0.111. The van der Waals surface area contributed by atoms with E-state index in [1.807, 2.05) is 18.2 Å². The van der Waals surface area contributed by atoms with E-state index in [0.29, 0.717) is 5.01 Å². The summed E-state index contributed by atoms with van der Waals surface area (Å²) in [6, 6.07) is 5.66. The van der Waals surface area contributed by atoms with Crippen LogP contribution >= 0.6 is 11.3 Å². The largest absolute Gasteiger partial charge is 0.497 e. The molecule has 0 aliphatic heterocycles. The zero-order valence-electron chi connectivity index (χ0n) is 7.65. The van der Waals surface area contributed by atoms with Gasteiger partial charge in [0.1, 0.15) is 5.75 Å². The Labute approximate surface area is 84.8 Å². The van der Waals surface area contributed by atoms with E-state index in [-0.39, 0.29) is 5.84 Å². The molecule has 4 N–H and O–H groups in total. The van der Waals surface area contributed by atoms with Gasteiger partial charge in [0.25, 0.3) is 5.84 Å². The van der Waals surface area contributed by atoms with Crippen molar-refractivity contribution in [1.29, 1.82) is 0 Å². The second-order valence-electron chi connectivity index (χ2n) is 2.81. The molecule has 0 bridgehead atoms. The number of methoxy groups -OCH3 is 1. The van der Waals surface area contributed by atoms with Gasteiger partial charge in [0, 0.05) is 0 Å². The van der Waals surface area contributed by atoms with E-state index in [0.717, 1.165) is 16.0 Å². The maximum Gasteiger partial charge on any atom is 0.300 e. The predicted octanol–water partition coefficient (Wildman–Crippen LogP) is -0.231. The summed E-state index contributed by atoms with van der Waals surface area (Å²) in [6.07, 6.45) is 0. The molecule has 4 nitrogen and oxygen atoms in total. The first-order valence-corrected chi connectivity index (χ1v) is 4.85. The van der Waals surface area contributed by atoms with Crippen molar-refractivity contribution in [2.45, 2.75) is 0 Å². The van der Waals surface area contributed by atoms with Crippen molar-refractivity contribution in [2.24, 2.45) is 5.73 Å². The lowest BCUT2D eigenvalue weighted by atomic mass is 10.3. The van der Waals surface area contributed by atoms with Gasteiger partial charge in [-0.3, -0.25) is 11.1 Å². The predicted molar refractivity (Wildman–Crippen MR) is 56.4 cm³/mol. The van der Waals surface area contributed by atoms with Crippen molar-refractivity contribution in [2.75, 3.05) is 7.11 Å². The highest BCUT2D eigenvalue weighted by Gasteiger charge is 2.09.